The van der Waals surface area contributed by atoms with Crippen molar-refractivity contribution in [2.45, 2.75) is 13.5 Å². The third-order valence-corrected chi connectivity index (χ3v) is 3.79. The lowest BCUT2D eigenvalue weighted by atomic mass is 10.1. The van der Waals surface area contributed by atoms with Crippen LogP contribution < -0.4 is 10.6 Å². The van der Waals surface area contributed by atoms with E-state index in [4.69, 9.17) is 0 Å². The molecule has 0 fully saturated rings. The Morgan fingerprint density at radius 3 is 2.64 bits per heavy atom. The van der Waals surface area contributed by atoms with E-state index in [1.807, 2.05) is 12.1 Å². The Bertz CT molecular complexity index is 503. The molecular formula is C16H26N4OS. The molecule has 0 unspecified atom stereocenters. The van der Waals surface area contributed by atoms with Crippen LogP contribution in [-0.4, -0.2) is 56.0 Å². The fraction of sp³-hybridized carbons (Fsp3) is 0.500. The summed E-state index contributed by atoms with van der Waals surface area (Å²) in [6.07, 6.45) is 2.06. The normalized spacial score (nSPS) is 11.2. The van der Waals surface area contributed by atoms with Gasteiger partial charge in [-0.1, -0.05) is 24.3 Å². The summed E-state index contributed by atoms with van der Waals surface area (Å²) in [6, 6.07) is 8.19. The number of aliphatic imine (C=N–C) groups is 1. The van der Waals surface area contributed by atoms with E-state index in [9.17, 15) is 4.79 Å². The van der Waals surface area contributed by atoms with Gasteiger partial charge in [0.1, 0.15) is 0 Å². The lowest BCUT2D eigenvalue weighted by molar-refractivity contribution is -0.127. The zero-order chi connectivity index (χ0) is 16.4. The Hall–Kier alpha value is -1.69. The molecule has 0 aliphatic rings. The van der Waals surface area contributed by atoms with Crippen molar-refractivity contribution in [1.82, 2.24) is 15.5 Å². The number of carbonyl (C=O) groups excluding carboxylic acids is 1. The van der Waals surface area contributed by atoms with E-state index >= 15 is 0 Å². The number of nitrogens with one attached hydrogen (secondary N) is 2. The summed E-state index contributed by atoms with van der Waals surface area (Å²) in [5.74, 6) is 1.69. The first kappa shape index (κ1) is 18.4. The molecule has 0 atom stereocenters. The molecule has 122 valence electrons. The molecule has 0 saturated heterocycles. The number of guanidine groups is 1. The van der Waals surface area contributed by atoms with Gasteiger partial charge in [0.05, 0.1) is 13.1 Å². The first-order valence-electron chi connectivity index (χ1n) is 7.30. The Morgan fingerprint density at radius 1 is 1.27 bits per heavy atom. The van der Waals surface area contributed by atoms with E-state index in [-0.39, 0.29) is 12.5 Å². The van der Waals surface area contributed by atoms with Crippen molar-refractivity contribution >= 4 is 23.6 Å². The average Bonchev–Trinajstić information content (AvgIpc) is 2.50. The van der Waals surface area contributed by atoms with Crippen LogP contribution in [0, 0.1) is 6.92 Å². The summed E-state index contributed by atoms with van der Waals surface area (Å²) in [6.45, 7) is 3.73. The summed E-state index contributed by atoms with van der Waals surface area (Å²) in [5, 5.41) is 6.34. The predicted molar refractivity (Wildman–Crippen MR) is 95.4 cm³/mol. The van der Waals surface area contributed by atoms with Crippen molar-refractivity contribution in [3.8, 4) is 0 Å². The lowest BCUT2D eigenvalue weighted by Crippen LogP contribution is -2.43. The van der Waals surface area contributed by atoms with Crippen LogP contribution in [0.1, 0.15) is 11.1 Å². The second-order valence-electron chi connectivity index (χ2n) is 5.15. The highest BCUT2D eigenvalue weighted by Crippen LogP contribution is 2.07. The molecule has 0 aliphatic carbocycles. The zero-order valence-electron chi connectivity index (χ0n) is 13.8. The third kappa shape index (κ3) is 6.85. The highest BCUT2D eigenvalue weighted by molar-refractivity contribution is 7.98. The van der Waals surface area contributed by atoms with E-state index in [0.29, 0.717) is 12.5 Å². The van der Waals surface area contributed by atoms with E-state index in [2.05, 4.69) is 40.9 Å². The standard InChI is InChI=1S/C16H26N4OS/c1-13-7-5-6-8-14(13)11-18-16(17-9-10-22-4)19-12-15(21)20(2)3/h5-8H,9-12H2,1-4H3,(H2,17,18,19). The summed E-state index contributed by atoms with van der Waals surface area (Å²) in [4.78, 5) is 17.8. The van der Waals surface area contributed by atoms with Gasteiger partial charge < -0.3 is 15.5 Å². The molecule has 0 heterocycles. The molecule has 6 heteroatoms. The summed E-state index contributed by atoms with van der Waals surface area (Å²) in [7, 11) is 3.49. The Labute approximate surface area is 137 Å². The van der Waals surface area contributed by atoms with Gasteiger partial charge in [-0.2, -0.15) is 11.8 Å². The average molecular weight is 322 g/mol. The minimum Gasteiger partial charge on any atom is -0.356 e. The molecule has 5 nitrogen and oxygen atoms in total. The van der Waals surface area contributed by atoms with Crippen LogP contribution in [0.3, 0.4) is 0 Å². The Morgan fingerprint density at radius 2 is 2.00 bits per heavy atom. The van der Waals surface area contributed by atoms with Gasteiger partial charge in [0.15, 0.2) is 5.96 Å². The number of thioether (sulfide) groups is 1. The van der Waals surface area contributed by atoms with Crippen LogP contribution in [0.2, 0.25) is 0 Å². The van der Waals surface area contributed by atoms with Gasteiger partial charge in [0, 0.05) is 26.4 Å². The highest BCUT2D eigenvalue weighted by atomic mass is 32.2. The van der Waals surface area contributed by atoms with Crippen LogP contribution in [-0.2, 0) is 11.3 Å². The second kappa shape index (κ2) is 10.1. The van der Waals surface area contributed by atoms with Gasteiger partial charge in [0.2, 0.25) is 5.91 Å². The molecule has 1 aromatic carbocycles. The van der Waals surface area contributed by atoms with Crippen molar-refractivity contribution in [1.29, 1.82) is 0 Å². The first-order valence-corrected chi connectivity index (χ1v) is 8.69. The van der Waals surface area contributed by atoms with Crippen LogP contribution in [0.4, 0.5) is 0 Å². The summed E-state index contributed by atoms with van der Waals surface area (Å²) >= 11 is 1.77. The summed E-state index contributed by atoms with van der Waals surface area (Å²) < 4.78 is 0. The zero-order valence-corrected chi connectivity index (χ0v) is 14.7. The van der Waals surface area contributed by atoms with Gasteiger partial charge in [-0.25, -0.2) is 4.99 Å². The number of carbonyl (C=O) groups is 1. The first-order chi connectivity index (χ1) is 10.5. The van der Waals surface area contributed by atoms with Crippen LogP contribution in [0.25, 0.3) is 0 Å². The maximum atomic E-state index is 11.7. The molecule has 0 radical (unpaired) electrons. The van der Waals surface area contributed by atoms with Gasteiger partial charge in [-0.05, 0) is 24.3 Å². The molecule has 0 spiro atoms. The SMILES string of the molecule is CSCCNC(=NCc1ccccc1C)NCC(=O)N(C)C. The number of benzene rings is 1. The molecule has 0 saturated carbocycles. The van der Waals surface area contributed by atoms with Gasteiger partial charge >= 0.3 is 0 Å². The van der Waals surface area contributed by atoms with E-state index in [1.54, 1.807) is 30.8 Å². The number of aryl methyl sites for hydroxylation is 1. The third-order valence-electron chi connectivity index (χ3n) is 3.17. The molecule has 22 heavy (non-hydrogen) atoms. The van der Waals surface area contributed by atoms with Crippen molar-refractivity contribution < 1.29 is 4.79 Å². The summed E-state index contributed by atoms with van der Waals surface area (Å²) in [5.41, 5.74) is 2.41. The maximum Gasteiger partial charge on any atom is 0.241 e. The molecule has 1 rings (SSSR count). The quantitative estimate of drug-likeness (QED) is 0.454. The van der Waals surface area contributed by atoms with Gasteiger partial charge in [0.25, 0.3) is 0 Å². The minimum atomic E-state index is 0.0234. The fourth-order valence-electron chi connectivity index (χ4n) is 1.71. The molecule has 1 aromatic rings. The predicted octanol–water partition coefficient (Wildman–Crippen LogP) is 1.48. The molecule has 0 bridgehead atoms. The highest BCUT2D eigenvalue weighted by Gasteiger charge is 2.06. The van der Waals surface area contributed by atoms with Crippen molar-refractivity contribution in [2.24, 2.45) is 4.99 Å². The number of rotatable bonds is 7. The van der Waals surface area contributed by atoms with Crippen molar-refractivity contribution in [2.75, 3.05) is 39.2 Å². The number of hydrogen-bond acceptors (Lipinski definition) is 3. The van der Waals surface area contributed by atoms with E-state index in [0.717, 1.165) is 12.3 Å². The van der Waals surface area contributed by atoms with E-state index < -0.39 is 0 Å². The van der Waals surface area contributed by atoms with Crippen LogP contribution in [0.5, 0.6) is 0 Å². The van der Waals surface area contributed by atoms with Crippen molar-refractivity contribution in [3.05, 3.63) is 35.4 Å². The minimum absolute atomic E-state index is 0.0234. The Balaban J connectivity index is 2.65. The molecule has 2 N–H and O–H groups in total. The molecule has 1 amide bonds. The van der Waals surface area contributed by atoms with Crippen LogP contribution >= 0.6 is 11.8 Å². The second-order valence-corrected chi connectivity index (χ2v) is 6.14. The Kier molecular flexibility index (Phi) is 8.43. The van der Waals surface area contributed by atoms with Gasteiger partial charge in [-0.3, -0.25) is 4.79 Å². The number of amides is 1. The number of nitrogens with zero attached hydrogens (tertiary/aromatic N) is 2. The molecule has 0 aromatic heterocycles. The van der Waals surface area contributed by atoms with E-state index in [1.165, 1.54) is 11.1 Å². The van der Waals surface area contributed by atoms with Crippen LogP contribution in [0.15, 0.2) is 29.3 Å². The molecular weight excluding hydrogens is 296 g/mol. The fourth-order valence-corrected chi connectivity index (χ4v) is 2.02. The largest absolute Gasteiger partial charge is 0.356 e. The maximum absolute atomic E-state index is 11.7. The smallest absolute Gasteiger partial charge is 0.241 e. The molecule has 0 aliphatic heterocycles. The number of likely N-dealkylation sites (N-methyl/N-ethyl adjacent to an activating group) is 1. The topological polar surface area (TPSA) is 56.7 Å². The lowest BCUT2D eigenvalue weighted by Gasteiger charge is -2.15. The number of hydrogen-bond donors (Lipinski definition) is 2. The van der Waals surface area contributed by atoms with Gasteiger partial charge in [-0.15, -0.1) is 0 Å². The van der Waals surface area contributed by atoms with Crippen molar-refractivity contribution in [3.63, 3.8) is 0 Å². The monoisotopic (exact) mass is 322 g/mol.